The van der Waals surface area contributed by atoms with Crippen LogP contribution in [-0.2, 0) is 9.53 Å². The molecule has 264 valence electrons. The molecule has 0 radical (unpaired) electrons. The highest BCUT2D eigenvalue weighted by molar-refractivity contribution is 9.09. The van der Waals surface area contributed by atoms with Gasteiger partial charge in [0, 0.05) is 5.33 Å². The smallest absolute Gasteiger partial charge is 0.332 e. The molecular weight excluding hydrogens is 686 g/mol. The van der Waals surface area contributed by atoms with Crippen molar-refractivity contribution in [3.8, 4) is 34.2 Å². The SMILES string of the molecule is COc1cccc(OC)c1-c1cc(C(=O)NC2(C(=O)OC(C)(C)C)C3CC4CC(C3)CC2C4)nn1-c1ccc(OCCCBr)cc1C(C)C. The number of carbonyl (C=O) groups is 2. The molecule has 0 aliphatic heterocycles. The van der Waals surface area contributed by atoms with E-state index in [1.165, 1.54) is 6.42 Å². The van der Waals surface area contributed by atoms with E-state index < -0.39 is 17.0 Å². The number of alkyl halides is 1. The molecule has 0 spiro atoms. The molecule has 4 aliphatic rings. The van der Waals surface area contributed by atoms with Gasteiger partial charge in [0.2, 0.25) is 0 Å². The van der Waals surface area contributed by atoms with Crippen LogP contribution in [0.5, 0.6) is 17.2 Å². The number of hydrogen-bond donors (Lipinski definition) is 1. The average Bonchev–Trinajstić information content (AvgIpc) is 3.50. The van der Waals surface area contributed by atoms with Crippen LogP contribution in [0.2, 0.25) is 0 Å². The Morgan fingerprint density at radius 2 is 1.61 bits per heavy atom. The Bertz CT molecular complexity index is 1640. The summed E-state index contributed by atoms with van der Waals surface area (Å²) in [5.41, 5.74) is 1.53. The summed E-state index contributed by atoms with van der Waals surface area (Å²) < 4.78 is 25.6. The summed E-state index contributed by atoms with van der Waals surface area (Å²) in [4.78, 5) is 28.8. The number of amides is 1. The van der Waals surface area contributed by atoms with Crippen molar-refractivity contribution in [3.63, 3.8) is 0 Å². The van der Waals surface area contributed by atoms with Crippen LogP contribution in [0.25, 0.3) is 16.9 Å². The van der Waals surface area contributed by atoms with Gasteiger partial charge in [0.1, 0.15) is 28.4 Å². The molecule has 9 nitrogen and oxygen atoms in total. The summed E-state index contributed by atoms with van der Waals surface area (Å²) in [5, 5.41) is 9.18. The van der Waals surface area contributed by atoms with E-state index in [4.69, 9.17) is 24.0 Å². The van der Waals surface area contributed by atoms with Gasteiger partial charge in [0.25, 0.3) is 5.91 Å². The molecule has 10 heteroatoms. The average molecular weight is 737 g/mol. The fourth-order valence-electron chi connectivity index (χ4n) is 8.61. The second-order valence-corrected chi connectivity index (χ2v) is 16.1. The van der Waals surface area contributed by atoms with Crippen LogP contribution in [0, 0.1) is 23.7 Å². The van der Waals surface area contributed by atoms with Crippen LogP contribution >= 0.6 is 15.9 Å². The predicted octanol–water partition coefficient (Wildman–Crippen LogP) is 8.11. The molecule has 1 N–H and O–H groups in total. The molecule has 0 atom stereocenters. The Hall–Kier alpha value is -3.53. The van der Waals surface area contributed by atoms with E-state index in [9.17, 15) is 9.59 Å². The molecule has 1 aromatic heterocycles. The first-order valence-electron chi connectivity index (χ1n) is 17.6. The lowest BCUT2D eigenvalue weighted by Crippen LogP contribution is -2.71. The lowest BCUT2D eigenvalue weighted by Gasteiger charge is -2.59. The van der Waals surface area contributed by atoms with Gasteiger partial charge in [-0.25, -0.2) is 9.48 Å². The van der Waals surface area contributed by atoms with E-state index in [0.717, 1.165) is 54.4 Å². The van der Waals surface area contributed by atoms with Gasteiger partial charge >= 0.3 is 5.97 Å². The van der Waals surface area contributed by atoms with E-state index >= 15 is 0 Å². The fraction of sp³-hybridized carbons (Fsp3) is 0.564. The Labute approximate surface area is 298 Å². The van der Waals surface area contributed by atoms with Gasteiger partial charge in [0.15, 0.2) is 5.69 Å². The summed E-state index contributed by atoms with van der Waals surface area (Å²) in [5.74, 6) is 2.59. The number of hydrogen-bond acceptors (Lipinski definition) is 7. The van der Waals surface area contributed by atoms with Gasteiger partial charge in [0.05, 0.1) is 37.8 Å². The molecule has 4 fully saturated rings. The van der Waals surface area contributed by atoms with Gasteiger partial charge < -0.3 is 24.3 Å². The molecule has 49 heavy (non-hydrogen) atoms. The van der Waals surface area contributed by atoms with E-state index in [1.54, 1.807) is 25.0 Å². The monoisotopic (exact) mass is 735 g/mol. The van der Waals surface area contributed by atoms with Gasteiger partial charge in [-0.3, -0.25) is 4.79 Å². The molecule has 4 saturated carbocycles. The van der Waals surface area contributed by atoms with Gasteiger partial charge in [-0.05, 0) is 131 Å². The third-order valence-electron chi connectivity index (χ3n) is 10.5. The third-order valence-corrected chi connectivity index (χ3v) is 11.1. The van der Waals surface area contributed by atoms with Crippen LogP contribution in [0.3, 0.4) is 0 Å². The lowest BCUT2D eigenvalue weighted by molar-refractivity contribution is -0.180. The molecule has 7 rings (SSSR count). The number of nitrogens with one attached hydrogen (secondary N) is 1. The summed E-state index contributed by atoms with van der Waals surface area (Å²) in [7, 11) is 3.23. The second kappa shape index (κ2) is 14.0. The van der Waals surface area contributed by atoms with Crippen LogP contribution in [0.1, 0.15) is 95.1 Å². The molecule has 4 bridgehead atoms. The molecule has 4 aliphatic carbocycles. The number of ether oxygens (including phenoxy) is 4. The van der Waals surface area contributed by atoms with Crippen molar-refractivity contribution in [2.24, 2.45) is 23.7 Å². The van der Waals surface area contributed by atoms with Crippen molar-refractivity contribution in [2.45, 2.75) is 90.2 Å². The van der Waals surface area contributed by atoms with Crippen molar-refractivity contribution in [1.29, 1.82) is 0 Å². The second-order valence-electron chi connectivity index (χ2n) is 15.3. The molecule has 0 unspecified atom stereocenters. The lowest BCUT2D eigenvalue weighted by atomic mass is 9.48. The van der Waals surface area contributed by atoms with Crippen molar-refractivity contribution in [2.75, 3.05) is 26.2 Å². The number of methoxy groups -OCH3 is 2. The first-order valence-corrected chi connectivity index (χ1v) is 18.7. The first-order chi connectivity index (χ1) is 23.4. The number of esters is 1. The molecule has 1 amide bonds. The number of carbonyl (C=O) groups excluding carboxylic acids is 2. The summed E-state index contributed by atoms with van der Waals surface area (Å²) >= 11 is 3.47. The summed E-state index contributed by atoms with van der Waals surface area (Å²) in [6.45, 7) is 10.5. The van der Waals surface area contributed by atoms with Crippen molar-refractivity contribution in [1.82, 2.24) is 15.1 Å². The van der Waals surface area contributed by atoms with Crippen LogP contribution in [0.4, 0.5) is 0 Å². The van der Waals surface area contributed by atoms with Gasteiger partial charge in [-0.15, -0.1) is 0 Å². The Morgan fingerprint density at radius 1 is 0.980 bits per heavy atom. The minimum atomic E-state index is -1.10. The molecule has 0 saturated heterocycles. The number of benzene rings is 2. The Balaban J connectivity index is 1.47. The maximum Gasteiger partial charge on any atom is 0.332 e. The quantitative estimate of drug-likeness (QED) is 0.114. The highest BCUT2D eigenvalue weighted by Crippen LogP contribution is 2.59. The number of halogens is 1. The third kappa shape index (κ3) is 6.82. The first kappa shape index (κ1) is 35.3. The Kier molecular flexibility index (Phi) is 10.1. The minimum Gasteiger partial charge on any atom is -0.496 e. The zero-order valence-electron chi connectivity index (χ0n) is 29.8. The van der Waals surface area contributed by atoms with E-state index in [-0.39, 0.29) is 29.4 Å². The number of nitrogens with zero attached hydrogens (tertiary/aromatic N) is 2. The van der Waals surface area contributed by atoms with Crippen LogP contribution in [0.15, 0.2) is 42.5 Å². The number of rotatable bonds is 12. The van der Waals surface area contributed by atoms with Gasteiger partial charge in [-0.2, -0.15) is 5.10 Å². The topological polar surface area (TPSA) is 101 Å². The maximum absolute atomic E-state index is 14.6. The number of aromatic nitrogens is 2. The zero-order valence-corrected chi connectivity index (χ0v) is 31.4. The largest absolute Gasteiger partial charge is 0.496 e. The normalized spacial score (nSPS) is 24.2. The van der Waals surface area contributed by atoms with Crippen LogP contribution < -0.4 is 19.5 Å². The van der Waals surface area contributed by atoms with Crippen molar-refractivity contribution in [3.05, 3.63) is 53.7 Å². The van der Waals surface area contributed by atoms with Crippen LogP contribution in [-0.4, -0.2) is 59.0 Å². The molecule has 2 aromatic carbocycles. The molecular formula is C39H50BrN3O6. The molecule has 3 aromatic rings. The minimum absolute atomic E-state index is 0.0306. The van der Waals surface area contributed by atoms with E-state index in [2.05, 4.69) is 35.1 Å². The van der Waals surface area contributed by atoms with Gasteiger partial charge in [-0.1, -0.05) is 35.8 Å². The summed E-state index contributed by atoms with van der Waals surface area (Å²) in [6.07, 6.45) is 5.80. The maximum atomic E-state index is 14.6. The standard InChI is InChI=1S/C39H50BrN3O6/c1-23(2)29-21-28(48-15-9-14-40)12-13-31(29)43-32(35-33(46-6)10-8-11-34(35)47-7)22-30(42-43)36(44)41-39(37(45)49-38(3,4)5)26-17-24-16-25(19-26)20-27(39)18-24/h8,10-13,21-27H,9,14-20H2,1-7H3,(H,41,44). The fourth-order valence-corrected chi connectivity index (χ4v) is 8.84. The van der Waals surface area contributed by atoms with E-state index in [1.807, 2.05) is 57.2 Å². The molecule has 1 heterocycles. The van der Waals surface area contributed by atoms with E-state index in [0.29, 0.717) is 41.2 Å². The Morgan fingerprint density at radius 3 is 2.16 bits per heavy atom. The summed E-state index contributed by atoms with van der Waals surface area (Å²) in [6, 6.07) is 13.3. The predicted molar refractivity (Wildman–Crippen MR) is 193 cm³/mol. The highest BCUT2D eigenvalue weighted by Gasteiger charge is 2.63. The highest BCUT2D eigenvalue weighted by atomic mass is 79.9. The zero-order chi connectivity index (χ0) is 35.1. The van der Waals surface area contributed by atoms with Crippen molar-refractivity contribution < 1.29 is 28.5 Å². The van der Waals surface area contributed by atoms with Crippen molar-refractivity contribution >= 4 is 27.8 Å².